The lowest BCUT2D eigenvalue weighted by Gasteiger charge is -2.32. The molecule has 84 valence electrons. The summed E-state index contributed by atoms with van der Waals surface area (Å²) in [6, 6.07) is 2.94. The number of nitrogens with two attached hydrogens (primary N) is 1. The van der Waals surface area contributed by atoms with Gasteiger partial charge in [0.15, 0.2) is 0 Å². The van der Waals surface area contributed by atoms with E-state index >= 15 is 0 Å². The van der Waals surface area contributed by atoms with Crippen molar-refractivity contribution >= 4 is 23.3 Å². The number of hydrogen-bond acceptors (Lipinski definition) is 5. The Balaban J connectivity index is 2.52. The average Bonchev–Trinajstić information content (AvgIpc) is 2.14. The predicted octanol–water partition coefficient (Wildman–Crippen LogP) is 1.38. The lowest BCUT2D eigenvalue weighted by Crippen LogP contribution is -2.37. The first-order valence-corrected chi connectivity index (χ1v) is 4.97. The number of nitro groups is 1. The molecule has 1 heterocycles. The van der Waals surface area contributed by atoms with E-state index in [2.05, 4.69) is 0 Å². The molecule has 1 aliphatic heterocycles. The maximum Gasteiger partial charge on any atom is 0.293 e. The van der Waals surface area contributed by atoms with E-state index in [0.717, 1.165) is 25.7 Å². The zero-order valence-corrected chi connectivity index (χ0v) is 8.64. The number of anilines is 2. The van der Waals surface area contributed by atoms with E-state index < -0.39 is 4.92 Å². The summed E-state index contributed by atoms with van der Waals surface area (Å²) >= 11 is 0. The summed E-state index contributed by atoms with van der Waals surface area (Å²) in [5.41, 5.74) is 7.08. The highest BCUT2D eigenvalue weighted by Crippen LogP contribution is 2.34. The van der Waals surface area contributed by atoms with Crippen LogP contribution in [-0.4, -0.2) is 24.2 Å². The number of hydrogen-bond donors (Lipinski definition) is 2. The number of rotatable bonds is 3. The van der Waals surface area contributed by atoms with Gasteiger partial charge in [0.05, 0.1) is 4.92 Å². The Morgan fingerprint density at radius 2 is 2.19 bits per heavy atom. The van der Waals surface area contributed by atoms with Gasteiger partial charge in [0.2, 0.25) is 0 Å². The summed E-state index contributed by atoms with van der Waals surface area (Å²) in [5, 5.41) is 18.0. The fourth-order valence-corrected chi connectivity index (χ4v) is 1.69. The van der Waals surface area contributed by atoms with Crippen LogP contribution in [0.5, 0.6) is 0 Å². The Labute approximate surface area is 92.3 Å². The van der Waals surface area contributed by atoms with Gasteiger partial charge in [-0.25, -0.2) is 0 Å². The minimum Gasteiger partial charge on any atom is -0.398 e. The summed E-state index contributed by atoms with van der Waals surface area (Å²) < 4.78 is 0. The van der Waals surface area contributed by atoms with Gasteiger partial charge in [-0.05, 0) is 12.5 Å². The van der Waals surface area contributed by atoms with Crippen LogP contribution in [0.15, 0.2) is 12.1 Å². The summed E-state index contributed by atoms with van der Waals surface area (Å²) in [6.07, 6.45) is 2.07. The Morgan fingerprint density at radius 1 is 1.50 bits per heavy atom. The molecule has 0 aliphatic carbocycles. The molecule has 0 bridgehead atoms. The van der Waals surface area contributed by atoms with Crippen molar-refractivity contribution in [2.24, 2.45) is 0 Å². The maximum absolute atomic E-state index is 10.9. The molecule has 6 nitrogen and oxygen atoms in total. The van der Waals surface area contributed by atoms with E-state index in [0.29, 0.717) is 16.9 Å². The number of nitro benzene ring substituents is 1. The zero-order valence-electron chi connectivity index (χ0n) is 8.64. The summed E-state index contributed by atoms with van der Waals surface area (Å²) in [5.74, 6) is 0. The molecule has 1 aromatic carbocycles. The molecule has 1 saturated heterocycles. The summed E-state index contributed by atoms with van der Waals surface area (Å²) in [4.78, 5) is 12.4. The Kier molecular flexibility index (Phi) is 2.47. The third-order valence-corrected chi connectivity index (χ3v) is 2.73. The lowest BCUT2D eigenvalue weighted by atomic mass is 10.1. The first-order valence-electron chi connectivity index (χ1n) is 4.97. The fraction of sp³-hybridized carbons (Fsp3) is 0.300. The highest BCUT2D eigenvalue weighted by molar-refractivity contribution is 5.89. The number of benzene rings is 1. The first kappa shape index (κ1) is 10.4. The molecule has 0 amide bonds. The van der Waals surface area contributed by atoms with Gasteiger partial charge < -0.3 is 16.0 Å². The van der Waals surface area contributed by atoms with Crippen molar-refractivity contribution < 1.29 is 4.92 Å². The maximum atomic E-state index is 10.9. The van der Waals surface area contributed by atoms with Gasteiger partial charge in [-0.3, -0.25) is 10.1 Å². The van der Waals surface area contributed by atoms with Crippen molar-refractivity contribution in [3.8, 4) is 0 Å². The van der Waals surface area contributed by atoms with Crippen molar-refractivity contribution in [2.45, 2.75) is 6.42 Å². The van der Waals surface area contributed by atoms with E-state index in [1.54, 1.807) is 6.07 Å². The Bertz CT molecular complexity index is 454. The van der Waals surface area contributed by atoms with Crippen molar-refractivity contribution in [1.29, 1.82) is 5.41 Å². The van der Waals surface area contributed by atoms with Crippen LogP contribution in [0.4, 0.5) is 17.1 Å². The van der Waals surface area contributed by atoms with Crippen LogP contribution in [0.2, 0.25) is 0 Å². The molecular weight excluding hydrogens is 208 g/mol. The third kappa shape index (κ3) is 1.58. The molecule has 6 heteroatoms. The van der Waals surface area contributed by atoms with Gasteiger partial charge in [0.25, 0.3) is 5.69 Å². The van der Waals surface area contributed by atoms with Crippen LogP contribution in [0.25, 0.3) is 0 Å². The first-order chi connectivity index (χ1) is 7.63. The molecule has 0 aromatic heterocycles. The van der Waals surface area contributed by atoms with Gasteiger partial charge in [-0.15, -0.1) is 0 Å². The number of nitrogens with one attached hydrogen (secondary N) is 1. The van der Waals surface area contributed by atoms with Crippen LogP contribution in [0.1, 0.15) is 12.0 Å². The van der Waals surface area contributed by atoms with Gasteiger partial charge in [-0.1, -0.05) is 0 Å². The van der Waals surface area contributed by atoms with Gasteiger partial charge in [0, 0.05) is 36.6 Å². The summed E-state index contributed by atoms with van der Waals surface area (Å²) in [6.45, 7) is 1.65. The molecule has 0 atom stereocenters. The molecule has 0 unspecified atom stereocenters. The molecule has 0 radical (unpaired) electrons. The van der Waals surface area contributed by atoms with Gasteiger partial charge in [0.1, 0.15) is 5.69 Å². The van der Waals surface area contributed by atoms with E-state index in [4.69, 9.17) is 11.1 Å². The minimum absolute atomic E-state index is 0.0207. The molecule has 2 rings (SSSR count). The molecule has 3 N–H and O–H groups in total. The van der Waals surface area contributed by atoms with Crippen molar-refractivity contribution in [2.75, 3.05) is 23.7 Å². The second-order valence-electron chi connectivity index (χ2n) is 3.71. The average molecular weight is 220 g/mol. The largest absolute Gasteiger partial charge is 0.398 e. The smallest absolute Gasteiger partial charge is 0.293 e. The lowest BCUT2D eigenvalue weighted by molar-refractivity contribution is -0.384. The van der Waals surface area contributed by atoms with E-state index in [-0.39, 0.29) is 5.69 Å². The third-order valence-electron chi connectivity index (χ3n) is 2.73. The topological polar surface area (TPSA) is 96.2 Å². The molecule has 0 spiro atoms. The predicted molar refractivity (Wildman–Crippen MR) is 62.2 cm³/mol. The van der Waals surface area contributed by atoms with Crippen LogP contribution in [0, 0.1) is 15.5 Å². The SMILES string of the molecule is N=Cc1cc([N+](=O)[O-])c(N2CCC2)cc1N. The van der Waals surface area contributed by atoms with Crippen molar-refractivity contribution in [3.63, 3.8) is 0 Å². The van der Waals surface area contributed by atoms with Gasteiger partial charge >= 0.3 is 0 Å². The van der Waals surface area contributed by atoms with Crippen LogP contribution in [0.3, 0.4) is 0 Å². The van der Waals surface area contributed by atoms with Gasteiger partial charge in [-0.2, -0.15) is 0 Å². The van der Waals surface area contributed by atoms with Crippen LogP contribution in [-0.2, 0) is 0 Å². The quantitative estimate of drug-likeness (QED) is 0.348. The Hall–Kier alpha value is -2.11. The molecule has 0 saturated carbocycles. The van der Waals surface area contributed by atoms with Crippen LogP contribution < -0.4 is 10.6 Å². The molecule has 16 heavy (non-hydrogen) atoms. The minimum atomic E-state index is -0.430. The monoisotopic (exact) mass is 220 g/mol. The second-order valence-corrected chi connectivity index (χ2v) is 3.71. The molecular formula is C10H12N4O2. The molecule has 1 aromatic rings. The van der Waals surface area contributed by atoms with E-state index in [1.165, 1.54) is 6.07 Å². The number of nitrogens with zero attached hydrogens (tertiary/aromatic N) is 2. The van der Waals surface area contributed by atoms with E-state index in [9.17, 15) is 10.1 Å². The van der Waals surface area contributed by atoms with Crippen LogP contribution >= 0.6 is 0 Å². The molecule has 1 fully saturated rings. The van der Waals surface area contributed by atoms with Crippen molar-refractivity contribution in [1.82, 2.24) is 0 Å². The summed E-state index contributed by atoms with van der Waals surface area (Å²) in [7, 11) is 0. The Morgan fingerprint density at radius 3 is 2.62 bits per heavy atom. The van der Waals surface area contributed by atoms with Crippen molar-refractivity contribution in [3.05, 3.63) is 27.8 Å². The highest BCUT2D eigenvalue weighted by atomic mass is 16.6. The standard InChI is InChI=1S/C10H12N4O2/c11-6-7-4-10(14(15)16)9(5-8(7)12)13-2-1-3-13/h4-6,11H,1-3,12H2. The van der Waals surface area contributed by atoms with E-state index in [1.807, 2.05) is 4.90 Å². The molecule has 1 aliphatic rings. The normalized spacial score (nSPS) is 14.4. The zero-order chi connectivity index (χ0) is 11.7. The fourth-order valence-electron chi connectivity index (χ4n) is 1.69. The number of nitrogen functional groups attached to an aromatic ring is 1. The second kappa shape index (κ2) is 3.80. The highest BCUT2D eigenvalue weighted by Gasteiger charge is 2.24.